The summed E-state index contributed by atoms with van der Waals surface area (Å²) in [6.07, 6.45) is 5.34. The molecule has 3 heteroatoms. The van der Waals surface area contributed by atoms with Crippen molar-refractivity contribution in [3.63, 3.8) is 0 Å². The highest BCUT2D eigenvalue weighted by atomic mass is 16.5. The summed E-state index contributed by atoms with van der Waals surface area (Å²) < 4.78 is 5.34. The van der Waals surface area contributed by atoms with E-state index in [-0.39, 0.29) is 11.5 Å². The first-order chi connectivity index (χ1) is 6.77. The van der Waals surface area contributed by atoms with Crippen LogP contribution in [0, 0.1) is 5.92 Å². The van der Waals surface area contributed by atoms with Crippen molar-refractivity contribution < 1.29 is 9.53 Å². The Hall–Kier alpha value is -0.570. The number of hydrogen-bond donors (Lipinski definition) is 1. The Bertz CT molecular complexity index is 217. The highest BCUT2D eigenvalue weighted by Crippen LogP contribution is 2.30. The van der Waals surface area contributed by atoms with Gasteiger partial charge in [-0.15, -0.1) is 0 Å². The fourth-order valence-corrected chi connectivity index (χ4v) is 2.04. The van der Waals surface area contributed by atoms with E-state index in [9.17, 15) is 4.79 Å². The standard InChI is InChI=1S/C11H19NO2/c1-2-11(6-3-7-12-11)10(13)14-8-9-4-5-9/h9,12H,2-8H2,1H3. The van der Waals surface area contributed by atoms with Crippen molar-refractivity contribution in [3.05, 3.63) is 0 Å². The first-order valence-electron chi connectivity index (χ1n) is 5.69. The molecule has 14 heavy (non-hydrogen) atoms. The van der Waals surface area contributed by atoms with Crippen LogP contribution in [0.1, 0.15) is 39.0 Å². The molecule has 1 aliphatic heterocycles. The van der Waals surface area contributed by atoms with Gasteiger partial charge in [0, 0.05) is 0 Å². The molecule has 0 radical (unpaired) electrons. The average molecular weight is 197 g/mol. The Balaban J connectivity index is 1.86. The number of rotatable bonds is 4. The molecule has 0 aromatic rings. The van der Waals surface area contributed by atoms with Crippen LogP contribution in [0.5, 0.6) is 0 Å². The number of ether oxygens (including phenoxy) is 1. The second-order valence-electron chi connectivity index (χ2n) is 4.51. The Kier molecular flexibility index (Phi) is 2.77. The van der Waals surface area contributed by atoms with Crippen LogP contribution in [0.15, 0.2) is 0 Å². The van der Waals surface area contributed by atoms with Gasteiger partial charge in [-0.1, -0.05) is 6.92 Å². The summed E-state index contributed by atoms with van der Waals surface area (Å²) in [5.41, 5.74) is -0.352. The molecule has 2 aliphatic rings. The van der Waals surface area contributed by atoms with E-state index in [0.29, 0.717) is 12.5 Å². The molecule has 0 aromatic heterocycles. The molecule has 0 bridgehead atoms. The highest BCUT2D eigenvalue weighted by molar-refractivity contribution is 5.81. The van der Waals surface area contributed by atoms with Crippen molar-refractivity contribution in [1.82, 2.24) is 5.32 Å². The van der Waals surface area contributed by atoms with Crippen molar-refractivity contribution >= 4 is 5.97 Å². The molecule has 1 unspecified atom stereocenters. The molecule has 1 saturated carbocycles. The van der Waals surface area contributed by atoms with Gasteiger partial charge in [0.15, 0.2) is 0 Å². The summed E-state index contributed by atoms with van der Waals surface area (Å²) in [6, 6.07) is 0. The van der Waals surface area contributed by atoms with Gasteiger partial charge < -0.3 is 10.1 Å². The van der Waals surface area contributed by atoms with Gasteiger partial charge in [-0.3, -0.25) is 4.79 Å². The summed E-state index contributed by atoms with van der Waals surface area (Å²) >= 11 is 0. The molecule has 0 spiro atoms. The average Bonchev–Trinajstić information content (AvgIpc) is 2.90. The molecule has 1 atom stereocenters. The summed E-state index contributed by atoms with van der Waals surface area (Å²) in [6.45, 7) is 3.64. The Morgan fingerprint density at radius 3 is 2.86 bits per heavy atom. The third-order valence-electron chi connectivity index (χ3n) is 3.39. The molecule has 0 aromatic carbocycles. The third-order valence-corrected chi connectivity index (χ3v) is 3.39. The first-order valence-corrected chi connectivity index (χ1v) is 5.69. The topological polar surface area (TPSA) is 38.3 Å². The van der Waals surface area contributed by atoms with Crippen LogP contribution in [0.2, 0.25) is 0 Å². The Labute approximate surface area is 85.2 Å². The summed E-state index contributed by atoms with van der Waals surface area (Å²) in [4.78, 5) is 11.8. The molecule has 1 saturated heterocycles. The zero-order valence-electron chi connectivity index (χ0n) is 8.84. The monoisotopic (exact) mass is 197 g/mol. The van der Waals surface area contributed by atoms with Gasteiger partial charge in [0.05, 0.1) is 6.61 Å². The van der Waals surface area contributed by atoms with E-state index in [1.165, 1.54) is 12.8 Å². The number of esters is 1. The second-order valence-corrected chi connectivity index (χ2v) is 4.51. The van der Waals surface area contributed by atoms with Gasteiger partial charge in [-0.25, -0.2) is 0 Å². The van der Waals surface area contributed by atoms with Crippen molar-refractivity contribution in [3.8, 4) is 0 Å². The van der Waals surface area contributed by atoms with Crippen LogP contribution >= 0.6 is 0 Å². The van der Waals surface area contributed by atoms with Gasteiger partial charge in [0.25, 0.3) is 0 Å². The summed E-state index contributed by atoms with van der Waals surface area (Å²) in [5, 5.41) is 3.29. The number of hydrogen-bond acceptors (Lipinski definition) is 3. The lowest BCUT2D eigenvalue weighted by molar-refractivity contribution is -0.151. The van der Waals surface area contributed by atoms with Crippen molar-refractivity contribution in [2.45, 2.75) is 44.6 Å². The van der Waals surface area contributed by atoms with Crippen LogP contribution < -0.4 is 5.32 Å². The molecule has 3 nitrogen and oxygen atoms in total. The third kappa shape index (κ3) is 1.92. The van der Waals surface area contributed by atoms with Gasteiger partial charge >= 0.3 is 5.97 Å². The maximum atomic E-state index is 11.8. The van der Waals surface area contributed by atoms with Crippen LogP contribution in [0.3, 0.4) is 0 Å². The molecular weight excluding hydrogens is 178 g/mol. The maximum absolute atomic E-state index is 11.8. The normalized spacial score (nSPS) is 31.8. The molecule has 1 heterocycles. The van der Waals surface area contributed by atoms with Crippen molar-refractivity contribution in [1.29, 1.82) is 0 Å². The van der Waals surface area contributed by atoms with E-state index in [1.807, 2.05) is 0 Å². The molecule has 1 aliphatic carbocycles. The number of carbonyl (C=O) groups is 1. The SMILES string of the molecule is CCC1(C(=O)OCC2CC2)CCCN1. The fraction of sp³-hybridized carbons (Fsp3) is 0.909. The van der Waals surface area contributed by atoms with E-state index in [2.05, 4.69) is 12.2 Å². The smallest absolute Gasteiger partial charge is 0.326 e. The molecule has 2 fully saturated rings. The Morgan fingerprint density at radius 1 is 1.57 bits per heavy atom. The van der Waals surface area contributed by atoms with E-state index >= 15 is 0 Å². The van der Waals surface area contributed by atoms with Gasteiger partial charge in [-0.05, 0) is 44.6 Å². The van der Waals surface area contributed by atoms with Crippen molar-refractivity contribution in [2.24, 2.45) is 5.92 Å². The lowest BCUT2D eigenvalue weighted by Gasteiger charge is -2.25. The van der Waals surface area contributed by atoms with E-state index in [0.717, 1.165) is 25.8 Å². The van der Waals surface area contributed by atoms with Crippen LogP contribution in [0.4, 0.5) is 0 Å². The molecule has 80 valence electrons. The Morgan fingerprint density at radius 2 is 2.36 bits per heavy atom. The van der Waals surface area contributed by atoms with Crippen molar-refractivity contribution in [2.75, 3.05) is 13.2 Å². The lowest BCUT2D eigenvalue weighted by Crippen LogP contribution is -2.48. The summed E-state index contributed by atoms with van der Waals surface area (Å²) in [5.74, 6) is 0.638. The number of carbonyl (C=O) groups excluding carboxylic acids is 1. The molecule has 0 amide bonds. The van der Waals surface area contributed by atoms with E-state index in [4.69, 9.17) is 4.74 Å². The minimum Gasteiger partial charge on any atom is -0.464 e. The predicted molar refractivity (Wildman–Crippen MR) is 53.9 cm³/mol. The highest BCUT2D eigenvalue weighted by Gasteiger charge is 2.41. The maximum Gasteiger partial charge on any atom is 0.326 e. The molecule has 2 rings (SSSR count). The molecule has 1 N–H and O–H groups in total. The van der Waals surface area contributed by atoms with E-state index < -0.39 is 0 Å². The van der Waals surface area contributed by atoms with E-state index in [1.54, 1.807) is 0 Å². The first kappa shape index (κ1) is 9.97. The largest absolute Gasteiger partial charge is 0.464 e. The second kappa shape index (κ2) is 3.89. The zero-order chi connectivity index (χ0) is 10.0. The van der Waals surface area contributed by atoms with Crippen LogP contribution in [-0.2, 0) is 9.53 Å². The minimum absolute atomic E-state index is 0.0237. The van der Waals surface area contributed by atoms with Gasteiger partial charge in [0.2, 0.25) is 0 Å². The van der Waals surface area contributed by atoms with Crippen LogP contribution in [0.25, 0.3) is 0 Å². The van der Waals surface area contributed by atoms with Crippen LogP contribution in [-0.4, -0.2) is 24.7 Å². The minimum atomic E-state index is -0.352. The fourth-order valence-electron chi connectivity index (χ4n) is 2.04. The molecular formula is C11H19NO2. The van der Waals surface area contributed by atoms with Gasteiger partial charge in [-0.2, -0.15) is 0 Å². The predicted octanol–water partition coefficient (Wildman–Crippen LogP) is 1.47. The lowest BCUT2D eigenvalue weighted by atomic mass is 9.94. The quantitative estimate of drug-likeness (QED) is 0.694. The number of nitrogens with one attached hydrogen (secondary N) is 1. The van der Waals surface area contributed by atoms with Gasteiger partial charge in [0.1, 0.15) is 5.54 Å². The summed E-state index contributed by atoms with van der Waals surface area (Å²) in [7, 11) is 0. The zero-order valence-corrected chi connectivity index (χ0v) is 8.84.